The molecule has 0 fully saturated rings. The van der Waals surface area contributed by atoms with Crippen molar-refractivity contribution in [3.8, 4) is 11.4 Å². The minimum absolute atomic E-state index is 0.184. The number of aromatic nitrogens is 3. The quantitative estimate of drug-likeness (QED) is 0.722. The van der Waals surface area contributed by atoms with Crippen LogP contribution in [0.25, 0.3) is 5.69 Å². The van der Waals surface area contributed by atoms with E-state index in [1.54, 1.807) is 30.8 Å². The first kappa shape index (κ1) is 18.5. The molecule has 1 aromatic heterocycles. The van der Waals surface area contributed by atoms with E-state index in [2.05, 4.69) is 15.6 Å². The summed E-state index contributed by atoms with van der Waals surface area (Å²) in [7, 11) is 1.57. The van der Waals surface area contributed by atoms with Crippen LogP contribution in [0.3, 0.4) is 0 Å². The lowest BCUT2D eigenvalue weighted by Gasteiger charge is -2.07. The Hall–Kier alpha value is -3.29. The van der Waals surface area contributed by atoms with Gasteiger partial charge in [0.25, 0.3) is 5.91 Å². The maximum atomic E-state index is 13.2. The van der Waals surface area contributed by atoms with E-state index in [-0.39, 0.29) is 12.2 Å². The van der Waals surface area contributed by atoms with Gasteiger partial charge in [0.1, 0.15) is 17.4 Å². The van der Waals surface area contributed by atoms with Gasteiger partial charge in [-0.05, 0) is 43.2 Å². The molecule has 140 valence electrons. The van der Waals surface area contributed by atoms with Gasteiger partial charge in [-0.15, -0.1) is 5.10 Å². The molecule has 0 saturated carbocycles. The topological polar surface area (TPSA) is 69.0 Å². The van der Waals surface area contributed by atoms with Crippen molar-refractivity contribution in [1.82, 2.24) is 20.3 Å². The van der Waals surface area contributed by atoms with Gasteiger partial charge in [0, 0.05) is 18.7 Å². The molecule has 0 aliphatic rings. The van der Waals surface area contributed by atoms with Crippen LogP contribution in [-0.4, -0.2) is 34.6 Å². The monoisotopic (exact) mass is 372 g/mol. The van der Waals surface area contributed by atoms with E-state index in [9.17, 15) is 13.6 Å². The molecule has 0 bridgehead atoms. The summed E-state index contributed by atoms with van der Waals surface area (Å²) in [6, 6.07) is 10.5. The number of benzene rings is 2. The van der Waals surface area contributed by atoms with Gasteiger partial charge in [-0.25, -0.2) is 13.5 Å². The maximum Gasteiger partial charge on any atom is 0.273 e. The van der Waals surface area contributed by atoms with Crippen LogP contribution in [0.5, 0.6) is 5.75 Å². The molecule has 6 nitrogen and oxygen atoms in total. The van der Waals surface area contributed by atoms with Gasteiger partial charge in [0.2, 0.25) is 0 Å². The number of carbonyl (C=O) groups is 1. The number of rotatable bonds is 6. The van der Waals surface area contributed by atoms with Crippen molar-refractivity contribution < 1.29 is 18.3 Å². The minimum Gasteiger partial charge on any atom is -0.497 e. The van der Waals surface area contributed by atoms with Gasteiger partial charge < -0.3 is 10.1 Å². The Bertz CT molecular complexity index is 952. The summed E-state index contributed by atoms with van der Waals surface area (Å²) < 4.78 is 33.1. The van der Waals surface area contributed by atoms with E-state index in [1.807, 2.05) is 12.1 Å². The van der Waals surface area contributed by atoms with Crippen LogP contribution in [-0.2, 0) is 6.42 Å². The number of hydrogen-bond acceptors (Lipinski definition) is 4. The number of ether oxygens (including phenoxy) is 1. The second-order valence-corrected chi connectivity index (χ2v) is 5.92. The standard InChI is InChI=1S/C19H18F2N4O2/c1-12-18(23-24-25(12)16-4-3-5-17(11-16)27-2)19(26)22-7-6-13-8-14(20)10-15(21)9-13/h3-5,8-11H,6-7H2,1-2H3,(H,22,26). The Morgan fingerprint density at radius 3 is 2.63 bits per heavy atom. The highest BCUT2D eigenvalue weighted by atomic mass is 19.1. The third-order valence-electron chi connectivity index (χ3n) is 4.03. The van der Waals surface area contributed by atoms with Gasteiger partial charge in [0.15, 0.2) is 5.69 Å². The molecule has 0 saturated heterocycles. The lowest BCUT2D eigenvalue weighted by Crippen LogP contribution is -2.26. The molecule has 1 heterocycles. The Labute approximate surface area is 154 Å². The molecule has 0 aliphatic heterocycles. The molecule has 0 unspecified atom stereocenters. The first-order valence-corrected chi connectivity index (χ1v) is 8.28. The highest BCUT2D eigenvalue weighted by Gasteiger charge is 2.17. The summed E-state index contributed by atoms with van der Waals surface area (Å²) in [6.07, 6.45) is 0.295. The first-order valence-electron chi connectivity index (χ1n) is 8.28. The predicted molar refractivity (Wildman–Crippen MR) is 95.0 cm³/mol. The molecular formula is C19H18F2N4O2. The summed E-state index contributed by atoms with van der Waals surface area (Å²) in [4.78, 5) is 12.4. The fourth-order valence-electron chi connectivity index (χ4n) is 2.69. The van der Waals surface area contributed by atoms with Gasteiger partial charge in [-0.2, -0.15) is 0 Å². The van der Waals surface area contributed by atoms with Gasteiger partial charge in [-0.3, -0.25) is 4.79 Å². The molecule has 0 spiro atoms. The number of methoxy groups -OCH3 is 1. The number of nitrogens with one attached hydrogen (secondary N) is 1. The lowest BCUT2D eigenvalue weighted by molar-refractivity contribution is 0.0948. The summed E-state index contributed by atoms with van der Waals surface area (Å²) in [5.41, 5.74) is 1.93. The van der Waals surface area contributed by atoms with E-state index in [0.717, 1.165) is 6.07 Å². The number of nitrogens with zero attached hydrogens (tertiary/aromatic N) is 3. The average molecular weight is 372 g/mol. The smallest absolute Gasteiger partial charge is 0.273 e. The van der Waals surface area contributed by atoms with Crippen molar-refractivity contribution in [3.05, 3.63) is 71.1 Å². The van der Waals surface area contributed by atoms with Crippen LogP contribution in [0.2, 0.25) is 0 Å². The number of halogens is 2. The Morgan fingerprint density at radius 2 is 1.93 bits per heavy atom. The second-order valence-electron chi connectivity index (χ2n) is 5.92. The van der Waals surface area contributed by atoms with Gasteiger partial charge in [-0.1, -0.05) is 11.3 Å². The summed E-state index contributed by atoms with van der Waals surface area (Å²) >= 11 is 0. The third-order valence-corrected chi connectivity index (χ3v) is 4.03. The zero-order valence-electron chi connectivity index (χ0n) is 14.9. The Kier molecular flexibility index (Phi) is 5.44. The molecule has 0 radical (unpaired) electrons. The molecule has 0 atom stereocenters. The zero-order chi connectivity index (χ0) is 19.4. The van der Waals surface area contributed by atoms with E-state index in [4.69, 9.17) is 4.74 Å². The fourth-order valence-corrected chi connectivity index (χ4v) is 2.69. The summed E-state index contributed by atoms with van der Waals surface area (Å²) in [5, 5.41) is 10.7. The molecule has 27 heavy (non-hydrogen) atoms. The van der Waals surface area contributed by atoms with Crippen LogP contribution < -0.4 is 10.1 Å². The number of amides is 1. The highest BCUT2D eigenvalue weighted by Crippen LogP contribution is 2.18. The third kappa shape index (κ3) is 4.28. The molecule has 8 heteroatoms. The predicted octanol–water partition coefficient (Wildman–Crippen LogP) is 2.84. The molecule has 2 aromatic carbocycles. The fraction of sp³-hybridized carbons (Fsp3) is 0.211. The van der Waals surface area contributed by atoms with Gasteiger partial charge >= 0.3 is 0 Å². The maximum absolute atomic E-state index is 13.2. The van der Waals surface area contributed by atoms with Crippen molar-refractivity contribution in [2.45, 2.75) is 13.3 Å². The van der Waals surface area contributed by atoms with Crippen molar-refractivity contribution in [1.29, 1.82) is 0 Å². The summed E-state index contributed by atoms with van der Waals surface area (Å²) in [5.74, 6) is -1.03. The van der Waals surface area contributed by atoms with Crippen LogP contribution in [0, 0.1) is 18.6 Å². The molecule has 3 rings (SSSR count). The molecule has 1 amide bonds. The second kappa shape index (κ2) is 7.94. The lowest BCUT2D eigenvalue weighted by atomic mass is 10.1. The van der Waals surface area contributed by atoms with Crippen molar-refractivity contribution in [2.75, 3.05) is 13.7 Å². The largest absolute Gasteiger partial charge is 0.497 e. The van der Waals surface area contributed by atoms with Gasteiger partial charge in [0.05, 0.1) is 18.5 Å². The van der Waals surface area contributed by atoms with Crippen LogP contribution in [0.15, 0.2) is 42.5 Å². The number of carbonyl (C=O) groups excluding carboxylic acids is 1. The zero-order valence-corrected chi connectivity index (χ0v) is 14.9. The summed E-state index contributed by atoms with van der Waals surface area (Å²) in [6.45, 7) is 1.95. The SMILES string of the molecule is COc1cccc(-n2nnc(C(=O)NCCc3cc(F)cc(F)c3)c2C)c1. The van der Waals surface area contributed by atoms with E-state index < -0.39 is 17.5 Å². The Balaban J connectivity index is 1.68. The van der Waals surface area contributed by atoms with Crippen LogP contribution in [0.4, 0.5) is 8.78 Å². The molecule has 1 N–H and O–H groups in total. The van der Waals surface area contributed by atoms with Crippen molar-refractivity contribution in [3.63, 3.8) is 0 Å². The molecular weight excluding hydrogens is 354 g/mol. The van der Waals surface area contributed by atoms with E-state index >= 15 is 0 Å². The average Bonchev–Trinajstić information content (AvgIpc) is 3.02. The molecule has 3 aromatic rings. The minimum atomic E-state index is -0.645. The van der Waals surface area contributed by atoms with Crippen molar-refractivity contribution in [2.24, 2.45) is 0 Å². The van der Waals surface area contributed by atoms with Crippen LogP contribution in [0.1, 0.15) is 21.7 Å². The number of hydrogen-bond donors (Lipinski definition) is 1. The van der Waals surface area contributed by atoms with Crippen molar-refractivity contribution >= 4 is 5.91 Å². The molecule has 0 aliphatic carbocycles. The van der Waals surface area contributed by atoms with E-state index in [0.29, 0.717) is 29.1 Å². The Morgan fingerprint density at radius 1 is 1.19 bits per heavy atom. The van der Waals surface area contributed by atoms with E-state index in [1.165, 1.54) is 12.1 Å². The first-order chi connectivity index (χ1) is 13.0. The highest BCUT2D eigenvalue weighted by molar-refractivity contribution is 5.93. The van der Waals surface area contributed by atoms with Crippen LogP contribution >= 0.6 is 0 Å². The normalized spacial score (nSPS) is 10.7.